The third kappa shape index (κ3) is 5.53. The van der Waals surface area contributed by atoms with E-state index in [0.717, 1.165) is 23.7 Å². The van der Waals surface area contributed by atoms with Gasteiger partial charge in [0.1, 0.15) is 9.23 Å². The average Bonchev–Trinajstić information content (AvgIpc) is 3.49. The molecular formula is C23H26Cl2N2O5S2. The zero-order valence-corrected chi connectivity index (χ0v) is 21.9. The third-order valence-electron chi connectivity index (χ3n) is 6.75. The number of hydrogen-bond donors (Lipinski definition) is 2. The van der Waals surface area contributed by atoms with Crippen molar-refractivity contribution in [1.82, 2.24) is 5.32 Å². The number of halogens is 2. The molecular weight excluding hydrogens is 519 g/mol. The van der Waals surface area contributed by atoms with Gasteiger partial charge in [-0.3, -0.25) is 9.52 Å². The van der Waals surface area contributed by atoms with E-state index >= 15 is 0 Å². The molecule has 2 aromatic rings. The lowest BCUT2D eigenvalue weighted by Gasteiger charge is -2.29. The maximum atomic E-state index is 12.6. The van der Waals surface area contributed by atoms with Crippen molar-refractivity contribution >= 4 is 62.1 Å². The first kappa shape index (κ1) is 25.3. The van der Waals surface area contributed by atoms with Crippen molar-refractivity contribution in [3.8, 4) is 0 Å². The van der Waals surface area contributed by atoms with Crippen LogP contribution in [0.1, 0.15) is 49.9 Å². The second-order valence-corrected chi connectivity index (χ2v) is 13.0. The first-order chi connectivity index (χ1) is 16.0. The topological polar surface area (TPSA) is 102 Å². The third-order valence-corrected chi connectivity index (χ3v) is 9.88. The van der Waals surface area contributed by atoms with Crippen LogP contribution in [0.2, 0.25) is 8.67 Å². The van der Waals surface area contributed by atoms with Crippen molar-refractivity contribution in [3.63, 3.8) is 0 Å². The lowest BCUT2D eigenvalue weighted by molar-refractivity contribution is -0.130. The van der Waals surface area contributed by atoms with Gasteiger partial charge < -0.3 is 10.1 Å². The Hall–Kier alpha value is -1.81. The molecule has 0 aliphatic heterocycles. The van der Waals surface area contributed by atoms with E-state index in [-0.39, 0.29) is 36.8 Å². The summed E-state index contributed by atoms with van der Waals surface area (Å²) in [4.78, 5) is 25.0. The first-order valence-electron chi connectivity index (χ1n) is 11.1. The molecule has 0 spiro atoms. The summed E-state index contributed by atoms with van der Waals surface area (Å²) in [7, 11) is -3.93. The molecule has 2 fully saturated rings. The molecule has 34 heavy (non-hydrogen) atoms. The van der Waals surface area contributed by atoms with E-state index in [1.807, 2.05) is 6.92 Å². The van der Waals surface area contributed by atoms with Crippen LogP contribution >= 0.6 is 34.5 Å². The molecule has 1 heterocycles. The predicted molar refractivity (Wildman–Crippen MR) is 133 cm³/mol. The Bertz CT molecular complexity index is 1180. The largest absolute Gasteiger partial charge is 0.449 e. The molecule has 2 aliphatic carbocycles. The predicted octanol–water partition coefficient (Wildman–Crippen LogP) is 5.34. The number of fused-ring (bicyclic) bond motifs is 2. The van der Waals surface area contributed by atoms with Crippen LogP contribution in [0, 0.1) is 17.8 Å². The fraction of sp³-hybridized carbons (Fsp3) is 0.478. The Morgan fingerprint density at radius 2 is 1.82 bits per heavy atom. The van der Waals surface area contributed by atoms with Gasteiger partial charge in [-0.2, -0.15) is 0 Å². The molecule has 0 unspecified atom stereocenters. The van der Waals surface area contributed by atoms with Crippen LogP contribution in [0.4, 0.5) is 5.69 Å². The molecule has 11 heteroatoms. The molecule has 184 valence electrons. The van der Waals surface area contributed by atoms with E-state index in [1.54, 1.807) is 6.92 Å². The molecule has 5 atom stereocenters. The molecule has 2 saturated carbocycles. The molecule has 1 amide bonds. The second-order valence-electron chi connectivity index (χ2n) is 9.05. The monoisotopic (exact) mass is 544 g/mol. The Morgan fingerprint density at radius 3 is 2.38 bits per heavy atom. The summed E-state index contributed by atoms with van der Waals surface area (Å²) < 4.78 is 33.1. The SMILES string of the molecule is C[C@H](OC(=O)c1ccc(NS(=O)(=O)c2cc(Cl)sc2Cl)cc1)C(=O)N[C@H](C)[C@H]1C[C@H]2CC[C@H]1C2. The number of rotatable bonds is 8. The highest BCUT2D eigenvalue weighted by Crippen LogP contribution is 2.49. The molecule has 2 aliphatic rings. The summed E-state index contributed by atoms with van der Waals surface area (Å²) >= 11 is 12.7. The van der Waals surface area contributed by atoms with E-state index in [1.165, 1.54) is 49.6 Å². The molecule has 0 saturated heterocycles. The summed E-state index contributed by atoms with van der Waals surface area (Å²) in [6.45, 7) is 3.56. The molecule has 7 nitrogen and oxygen atoms in total. The van der Waals surface area contributed by atoms with Gasteiger partial charge >= 0.3 is 5.97 Å². The molecule has 1 aromatic carbocycles. The van der Waals surface area contributed by atoms with E-state index in [4.69, 9.17) is 27.9 Å². The Kier molecular flexibility index (Phi) is 7.47. The maximum Gasteiger partial charge on any atom is 0.338 e. The van der Waals surface area contributed by atoms with Crippen molar-refractivity contribution in [1.29, 1.82) is 0 Å². The van der Waals surface area contributed by atoms with Crippen molar-refractivity contribution < 1.29 is 22.7 Å². The smallest absolute Gasteiger partial charge is 0.338 e. The maximum absolute atomic E-state index is 12.6. The minimum absolute atomic E-state index is 0.0443. The number of thiophene rings is 1. The highest BCUT2D eigenvalue weighted by molar-refractivity contribution is 7.93. The number of hydrogen-bond acceptors (Lipinski definition) is 6. The Balaban J connectivity index is 1.31. The van der Waals surface area contributed by atoms with Crippen LogP contribution in [0.15, 0.2) is 35.2 Å². The van der Waals surface area contributed by atoms with Crippen molar-refractivity contribution in [2.75, 3.05) is 4.72 Å². The van der Waals surface area contributed by atoms with Crippen LogP contribution in [0.3, 0.4) is 0 Å². The van der Waals surface area contributed by atoms with E-state index in [2.05, 4.69) is 10.0 Å². The van der Waals surface area contributed by atoms with E-state index < -0.39 is 22.1 Å². The number of esters is 1. The van der Waals surface area contributed by atoms with Crippen molar-refractivity contribution in [2.24, 2.45) is 17.8 Å². The van der Waals surface area contributed by atoms with Crippen molar-refractivity contribution in [3.05, 3.63) is 44.6 Å². The molecule has 0 radical (unpaired) electrons. The van der Waals surface area contributed by atoms with E-state index in [0.29, 0.717) is 11.8 Å². The first-order valence-corrected chi connectivity index (χ1v) is 14.2. The molecule has 1 aromatic heterocycles. The minimum atomic E-state index is -3.93. The summed E-state index contributed by atoms with van der Waals surface area (Å²) in [5, 5.41) is 3.01. The highest BCUT2D eigenvalue weighted by Gasteiger charge is 2.42. The number of benzene rings is 1. The van der Waals surface area contributed by atoms with Crippen LogP contribution in [0.25, 0.3) is 0 Å². The normalized spacial score (nSPS) is 23.4. The van der Waals surface area contributed by atoms with Gasteiger partial charge in [-0.15, -0.1) is 11.3 Å². The van der Waals surface area contributed by atoms with Gasteiger partial charge in [-0.1, -0.05) is 29.6 Å². The molecule has 4 rings (SSSR count). The number of sulfonamides is 1. The lowest BCUT2D eigenvalue weighted by Crippen LogP contribution is -2.45. The summed E-state index contributed by atoms with van der Waals surface area (Å²) in [6.07, 6.45) is 4.00. The molecule has 2 N–H and O–H groups in total. The summed E-state index contributed by atoms with van der Waals surface area (Å²) in [6, 6.07) is 7.02. The quantitative estimate of drug-likeness (QED) is 0.436. The lowest BCUT2D eigenvalue weighted by atomic mass is 9.84. The van der Waals surface area contributed by atoms with Gasteiger partial charge in [-0.25, -0.2) is 13.2 Å². The number of carbonyl (C=O) groups is 2. The van der Waals surface area contributed by atoms with Crippen molar-refractivity contribution in [2.45, 2.75) is 56.6 Å². The summed E-state index contributed by atoms with van der Waals surface area (Å²) in [5.41, 5.74) is 0.431. The Morgan fingerprint density at radius 1 is 1.12 bits per heavy atom. The van der Waals surface area contributed by atoms with Gasteiger partial charge in [0.05, 0.1) is 9.90 Å². The van der Waals surface area contributed by atoms with Gasteiger partial charge in [0.2, 0.25) is 0 Å². The number of amides is 1. The summed E-state index contributed by atoms with van der Waals surface area (Å²) in [5.74, 6) is 0.970. The highest BCUT2D eigenvalue weighted by atomic mass is 35.5. The number of nitrogens with one attached hydrogen (secondary N) is 2. The standard InChI is InChI=1S/C23H26Cl2N2O5S2/c1-12(18-10-14-3-4-16(18)9-14)26-22(28)13(2)32-23(29)15-5-7-17(8-6-15)27-34(30,31)19-11-20(24)33-21(19)25/h5-8,11-14,16,18,27H,3-4,9-10H2,1-2H3,(H,26,28)/t12-,13+,14+,16+,18-/m1/s1. The van der Waals surface area contributed by atoms with Gasteiger partial charge in [0.15, 0.2) is 6.10 Å². The van der Waals surface area contributed by atoms with Crippen LogP contribution in [-0.4, -0.2) is 32.4 Å². The van der Waals surface area contributed by atoms with Gasteiger partial charge in [0, 0.05) is 11.7 Å². The average molecular weight is 546 g/mol. The number of carbonyl (C=O) groups excluding carboxylic acids is 2. The zero-order chi connectivity index (χ0) is 24.6. The minimum Gasteiger partial charge on any atom is -0.449 e. The Labute approximate surface area is 213 Å². The number of ether oxygens (including phenoxy) is 1. The molecule has 2 bridgehead atoms. The van der Waals surface area contributed by atoms with Crippen LogP contribution in [0.5, 0.6) is 0 Å². The van der Waals surface area contributed by atoms with Gasteiger partial charge in [-0.05, 0) is 81.2 Å². The number of anilines is 1. The van der Waals surface area contributed by atoms with Gasteiger partial charge in [0.25, 0.3) is 15.9 Å². The fourth-order valence-corrected chi connectivity index (χ4v) is 8.24. The zero-order valence-electron chi connectivity index (χ0n) is 18.7. The van der Waals surface area contributed by atoms with Crippen LogP contribution in [-0.2, 0) is 19.6 Å². The fourth-order valence-electron chi connectivity index (χ4n) is 5.03. The second kappa shape index (κ2) is 10.0. The van der Waals surface area contributed by atoms with Crippen LogP contribution < -0.4 is 10.0 Å². The van der Waals surface area contributed by atoms with E-state index in [9.17, 15) is 18.0 Å².